The molecular weight excluding hydrogens is 344 g/mol. The molecule has 3 N–H and O–H groups in total. The molecular formula is C21H24N2O4. The zero-order valence-electron chi connectivity index (χ0n) is 15.3. The van der Waals surface area contributed by atoms with Gasteiger partial charge in [-0.25, -0.2) is 0 Å². The maximum Gasteiger partial charge on any atom is 0.248 e. The van der Waals surface area contributed by atoms with Crippen molar-refractivity contribution in [1.82, 2.24) is 10.3 Å². The van der Waals surface area contributed by atoms with Gasteiger partial charge in [-0.1, -0.05) is 12.1 Å². The number of pyridine rings is 1. The van der Waals surface area contributed by atoms with Gasteiger partial charge in [0.05, 0.1) is 6.61 Å². The minimum atomic E-state index is -0.633. The first-order valence-electron chi connectivity index (χ1n) is 9.00. The number of hydrogen-bond donors (Lipinski definition) is 3. The van der Waals surface area contributed by atoms with Crippen molar-refractivity contribution in [2.45, 2.75) is 19.6 Å². The van der Waals surface area contributed by atoms with Crippen LogP contribution in [0.5, 0.6) is 11.5 Å². The van der Waals surface area contributed by atoms with Crippen LogP contribution < -0.4 is 20.3 Å². The van der Waals surface area contributed by atoms with Crippen LogP contribution in [0.15, 0.2) is 59.4 Å². The molecule has 1 heterocycles. The molecule has 0 radical (unpaired) electrons. The molecule has 0 aliphatic rings. The molecule has 0 fully saturated rings. The Balaban J connectivity index is 1.45. The maximum atomic E-state index is 11.3. The zero-order chi connectivity index (χ0) is 19.1. The lowest BCUT2D eigenvalue weighted by molar-refractivity contribution is 0.106. The van der Waals surface area contributed by atoms with Gasteiger partial charge in [-0.15, -0.1) is 0 Å². The quantitative estimate of drug-likeness (QED) is 0.540. The van der Waals surface area contributed by atoms with E-state index in [1.807, 2.05) is 37.3 Å². The second kappa shape index (κ2) is 9.21. The van der Waals surface area contributed by atoms with Crippen molar-refractivity contribution in [3.8, 4) is 11.5 Å². The molecule has 0 amide bonds. The molecule has 0 unspecified atom stereocenters. The highest BCUT2D eigenvalue weighted by Gasteiger charge is 2.06. The Bertz CT molecular complexity index is 939. The number of aliphatic hydroxyl groups excluding tert-OH is 1. The predicted molar refractivity (Wildman–Crippen MR) is 105 cm³/mol. The number of rotatable bonds is 9. The van der Waals surface area contributed by atoms with E-state index in [2.05, 4.69) is 10.3 Å². The molecule has 1 atom stereocenters. The lowest BCUT2D eigenvalue weighted by atomic mass is 10.2. The summed E-state index contributed by atoms with van der Waals surface area (Å²) in [6, 6.07) is 16.5. The van der Waals surface area contributed by atoms with Gasteiger partial charge in [-0.3, -0.25) is 4.79 Å². The first-order valence-corrected chi connectivity index (χ1v) is 9.00. The number of fused-ring (bicyclic) bond motifs is 1. The van der Waals surface area contributed by atoms with E-state index in [1.165, 1.54) is 6.07 Å². The van der Waals surface area contributed by atoms with Gasteiger partial charge >= 0.3 is 0 Å². The highest BCUT2D eigenvalue weighted by atomic mass is 16.5. The summed E-state index contributed by atoms with van der Waals surface area (Å²) in [6.07, 6.45) is -0.633. The number of aromatic amines is 1. The molecule has 1 aromatic heterocycles. The van der Waals surface area contributed by atoms with E-state index in [1.54, 1.807) is 18.2 Å². The number of hydrogen-bond acceptors (Lipinski definition) is 5. The van der Waals surface area contributed by atoms with E-state index in [4.69, 9.17) is 9.47 Å². The Hall–Kier alpha value is -2.83. The van der Waals surface area contributed by atoms with E-state index in [-0.39, 0.29) is 12.2 Å². The van der Waals surface area contributed by atoms with Gasteiger partial charge in [0.1, 0.15) is 24.2 Å². The number of aliphatic hydroxyl groups is 1. The summed E-state index contributed by atoms with van der Waals surface area (Å²) >= 11 is 0. The van der Waals surface area contributed by atoms with Crippen LogP contribution in [0.2, 0.25) is 0 Å². The Morgan fingerprint density at radius 1 is 1.07 bits per heavy atom. The molecule has 27 heavy (non-hydrogen) atoms. The maximum absolute atomic E-state index is 11.3. The van der Waals surface area contributed by atoms with Gasteiger partial charge in [0.2, 0.25) is 5.56 Å². The standard InChI is InChI=1S/C21H24N2O4/c1-2-26-18-5-3-4-15(10-18)12-22-13-17(24)14-27-19-7-8-20-16(11-19)6-9-21(25)23-20/h3-11,17,22,24H,2,12-14H2,1H3,(H,23,25)/t17-/m1/s1. The van der Waals surface area contributed by atoms with Crippen LogP contribution in [0, 0.1) is 0 Å². The number of nitrogens with one attached hydrogen (secondary N) is 2. The fraction of sp³-hybridized carbons (Fsp3) is 0.286. The first kappa shape index (κ1) is 18.9. The Morgan fingerprint density at radius 3 is 2.78 bits per heavy atom. The van der Waals surface area contributed by atoms with E-state index in [9.17, 15) is 9.90 Å². The third-order valence-electron chi connectivity index (χ3n) is 4.06. The van der Waals surface area contributed by atoms with Crippen LogP contribution >= 0.6 is 0 Å². The average molecular weight is 368 g/mol. The molecule has 0 saturated heterocycles. The smallest absolute Gasteiger partial charge is 0.248 e. The summed E-state index contributed by atoms with van der Waals surface area (Å²) in [5.41, 5.74) is 1.72. The van der Waals surface area contributed by atoms with E-state index < -0.39 is 6.10 Å². The topological polar surface area (TPSA) is 83.6 Å². The molecule has 0 aliphatic carbocycles. The number of H-pyrrole nitrogens is 1. The minimum absolute atomic E-state index is 0.135. The average Bonchev–Trinajstić information content (AvgIpc) is 2.67. The van der Waals surface area contributed by atoms with Gasteiger partial charge in [0.15, 0.2) is 0 Å². The van der Waals surface area contributed by atoms with Gasteiger partial charge < -0.3 is 24.9 Å². The van der Waals surface area contributed by atoms with Crippen molar-refractivity contribution in [2.24, 2.45) is 0 Å². The highest BCUT2D eigenvalue weighted by Crippen LogP contribution is 2.18. The van der Waals surface area contributed by atoms with E-state index in [0.717, 1.165) is 22.2 Å². The molecule has 3 rings (SSSR count). The largest absolute Gasteiger partial charge is 0.494 e. The van der Waals surface area contributed by atoms with Crippen molar-refractivity contribution < 1.29 is 14.6 Å². The third kappa shape index (κ3) is 5.57. The Labute approximate surface area is 157 Å². The van der Waals surface area contributed by atoms with Crippen molar-refractivity contribution >= 4 is 10.9 Å². The lowest BCUT2D eigenvalue weighted by Crippen LogP contribution is -2.31. The van der Waals surface area contributed by atoms with Crippen molar-refractivity contribution in [3.05, 3.63) is 70.5 Å². The van der Waals surface area contributed by atoms with E-state index in [0.29, 0.717) is 25.4 Å². The summed E-state index contributed by atoms with van der Waals surface area (Å²) in [4.78, 5) is 14.1. The van der Waals surface area contributed by atoms with Gasteiger partial charge in [0, 0.05) is 30.1 Å². The number of aromatic nitrogens is 1. The Kier molecular flexibility index (Phi) is 6.46. The van der Waals surface area contributed by atoms with Crippen LogP contribution in [-0.4, -0.2) is 36.0 Å². The van der Waals surface area contributed by atoms with Gasteiger partial charge in [-0.2, -0.15) is 0 Å². The fourth-order valence-electron chi connectivity index (χ4n) is 2.77. The van der Waals surface area contributed by atoms with Crippen molar-refractivity contribution in [1.29, 1.82) is 0 Å². The SMILES string of the molecule is CCOc1cccc(CNC[C@@H](O)COc2ccc3[nH]c(=O)ccc3c2)c1. The van der Waals surface area contributed by atoms with Crippen molar-refractivity contribution in [2.75, 3.05) is 19.8 Å². The summed E-state index contributed by atoms with van der Waals surface area (Å²) in [5.74, 6) is 1.50. The van der Waals surface area contributed by atoms with Crippen LogP contribution in [0.3, 0.4) is 0 Å². The number of ether oxygens (including phenoxy) is 2. The summed E-state index contributed by atoms with van der Waals surface area (Å²) < 4.78 is 11.1. The lowest BCUT2D eigenvalue weighted by Gasteiger charge is -2.14. The fourth-order valence-corrected chi connectivity index (χ4v) is 2.77. The molecule has 2 aromatic carbocycles. The van der Waals surface area contributed by atoms with Crippen LogP contribution in [0.4, 0.5) is 0 Å². The molecule has 3 aromatic rings. The normalized spacial score (nSPS) is 12.1. The molecule has 6 nitrogen and oxygen atoms in total. The summed E-state index contributed by atoms with van der Waals surface area (Å²) in [5, 5.41) is 14.2. The first-order chi connectivity index (χ1) is 13.1. The molecule has 6 heteroatoms. The molecule has 0 aliphatic heterocycles. The molecule has 0 spiro atoms. The Morgan fingerprint density at radius 2 is 1.93 bits per heavy atom. The molecule has 142 valence electrons. The highest BCUT2D eigenvalue weighted by molar-refractivity contribution is 5.79. The second-order valence-electron chi connectivity index (χ2n) is 6.25. The molecule has 0 bridgehead atoms. The third-order valence-corrected chi connectivity index (χ3v) is 4.06. The minimum Gasteiger partial charge on any atom is -0.494 e. The van der Waals surface area contributed by atoms with Crippen LogP contribution in [0.1, 0.15) is 12.5 Å². The van der Waals surface area contributed by atoms with Crippen LogP contribution in [-0.2, 0) is 6.54 Å². The summed E-state index contributed by atoms with van der Waals surface area (Å²) in [6.45, 7) is 3.83. The summed E-state index contributed by atoms with van der Waals surface area (Å²) in [7, 11) is 0. The van der Waals surface area contributed by atoms with Gasteiger partial charge in [0.25, 0.3) is 0 Å². The predicted octanol–water partition coefficient (Wildman–Crippen LogP) is 2.46. The molecule has 0 saturated carbocycles. The zero-order valence-corrected chi connectivity index (χ0v) is 15.3. The van der Waals surface area contributed by atoms with E-state index >= 15 is 0 Å². The monoisotopic (exact) mass is 368 g/mol. The number of benzene rings is 2. The van der Waals surface area contributed by atoms with Crippen molar-refractivity contribution in [3.63, 3.8) is 0 Å². The van der Waals surface area contributed by atoms with Crippen LogP contribution in [0.25, 0.3) is 10.9 Å². The van der Waals surface area contributed by atoms with Gasteiger partial charge in [-0.05, 0) is 48.9 Å². The second-order valence-corrected chi connectivity index (χ2v) is 6.25.